The molecular weight excluding hydrogens is 373 g/mol. The summed E-state index contributed by atoms with van der Waals surface area (Å²) < 4.78 is 5.16. The Morgan fingerprint density at radius 3 is 2.62 bits per heavy atom. The van der Waals surface area contributed by atoms with Crippen LogP contribution in [-0.4, -0.2) is 28.8 Å². The van der Waals surface area contributed by atoms with Crippen LogP contribution in [0.15, 0.2) is 48.7 Å². The highest BCUT2D eigenvalue weighted by Gasteiger charge is 2.05. The molecule has 2 N–H and O–H groups in total. The quantitative estimate of drug-likeness (QED) is 0.615. The highest BCUT2D eigenvalue weighted by atomic mass is 35.5. The third kappa shape index (κ3) is 4.97. The van der Waals surface area contributed by atoms with Crippen LogP contribution in [0, 0.1) is 0 Å². The molecule has 0 aliphatic rings. The second-order valence-corrected chi connectivity index (χ2v) is 6.28. The van der Waals surface area contributed by atoms with Crippen molar-refractivity contribution in [2.24, 2.45) is 0 Å². The average Bonchev–Trinajstić information content (AvgIpc) is 2.65. The molecular formula is C18H17Cl2N5O. The molecule has 0 spiro atoms. The Kier molecular flexibility index (Phi) is 6.09. The lowest BCUT2D eigenvalue weighted by Crippen LogP contribution is -2.09. The Bertz CT molecular complexity index is 874. The van der Waals surface area contributed by atoms with Gasteiger partial charge in [-0.1, -0.05) is 35.3 Å². The van der Waals surface area contributed by atoms with Gasteiger partial charge in [0.15, 0.2) is 5.82 Å². The number of methoxy groups -OCH3 is 1. The molecule has 0 radical (unpaired) electrons. The Balaban J connectivity index is 1.58. The lowest BCUT2D eigenvalue weighted by molar-refractivity contribution is 0.414. The molecule has 0 aliphatic carbocycles. The van der Waals surface area contributed by atoms with Crippen LogP contribution in [0.1, 0.15) is 5.56 Å². The third-order valence-corrected chi connectivity index (χ3v) is 4.16. The Labute approximate surface area is 161 Å². The van der Waals surface area contributed by atoms with Gasteiger partial charge in [0.1, 0.15) is 5.75 Å². The van der Waals surface area contributed by atoms with Crippen LogP contribution < -0.4 is 15.4 Å². The summed E-state index contributed by atoms with van der Waals surface area (Å²) in [6, 6.07) is 13.1. The van der Waals surface area contributed by atoms with E-state index in [-0.39, 0.29) is 0 Å². The second-order valence-electron chi connectivity index (χ2n) is 5.44. The topological polar surface area (TPSA) is 72.0 Å². The van der Waals surface area contributed by atoms with Crippen LogP contribution >= 0.6 is 23.2 Å². The van der Waals surface area contributed by atoms with E-state index in [0.29, 0.717) is 34.0 Å². The van der Waals surface area contributed by atoms with Crippen LogP contribution in [0.2, 0.25) is 10.0 Å². The largest absolute Gasteiger partial charge is 0.497 e. The summed E-state index contributed by atoms with van der Waals surface area (Å²) in [5, 5.41) is 15.2. The summed E-state index contributed by atoms with van der Waals surface area (Å²) in [5.74, 6) is 1.82. The van der Waals surface area contributed by atoms with Crippen molar-refractivity contribution in [3.8, 4) is 5.75 Å². The van der Waals surface area contributed by atoms with E-state index >= 15 is 0 Å². The monoisotopic (exact) mass is 389 g/mol. The lowest BCUT2D eigenvalue weighted by atomic mass is 10.1. The van der Waals surface area contributed by atoms with Crippen molar-refractivity contribution in [2.75, 3.05) is 24.3 Å². The van der Waals surface area contributed by atoms with Gasteiger partial charge in [0, 0.05) is 11.6 Å². The second kappa shape index (κ2) is 8.69. The minimum atomic E-state index is 0.351. The van der Waals surface area contributed by atoms with Gasteiger partial charge in [0.05, 0.1) is 24.0 Å². The first-order valence-electron chi connectivity index (χ1n) is 7.92. The molecule has 0 unspecified atom stereocenters. The van der Waals surface area contributed by atoms with Crippen LogP contribution in [0.5, 0.6) is 5.75 Å². The van der Waals surface area contributed by atoms with E-state index in [1.54, 1.807) is 31.5 Å². The summed E-state index contributed by atoms with van der Waals surface area (Å²) in [6.45, 7) is 0.714. The van der Waals surface area contributed by atoms with Gasteiger partial charge in [0.25, 0.3) is 0 Å². The molecule has 3 aromatic rings. The molecule has 26 heavy (non-hydrogen) atoms. The number of aromatic nitrogens is 3. The highest BCUT2D eigenvalue weighted by Crippen LogP contribution is 2.27. The van der Waals surface area contributed by atoms with Gasteiger partial charge in [-0.2, -0.15) is 10.1 Å². The molecule has 0 atom stereocenters. The molecule has 0 saturated heterocycles. The normalized spacial score (nSPS) is 10.4. The first-order valence-corrected chi connectivity index (χ1v) is 8.68. The van der Waals surface area contributed by atoms with Crippen LogP contribution in [0.3, 0.4) is 0 Å². The maximum Gasteiger partial charge on any atom is 0.249 e. The number of anilines is 3. The van der Waals surface area contributed by atoms with Crippen molar-refractivity contribution >= 4 is 40.7 Å². The van der Waals surface area contributed by atoms with E-state index in [0.717, 1.165) is 12.2 Å². The van der Waals surface area contributed by atoms with Crippen molar-refractivity contribution in [1.29, 1.82) is 0 Å². The van der Waals surface area contributed by atoms with Crippen molar-refractivity contribution in [1.82, 2.24) is 15.2 Å². The van der Waals surface area contributed by atoms with Gasteiger partial charge in [-0.15, -0.1) is 5.10 Å². The summed E-state index contributed by atoms with van der Waals surface area (Å²) in [7, 11) is 1.65. The number of hydrogen-bond acceptors (Lipinski definition) is 6. The van der Waals surface area contributed by atoms with Gasteiger partial charge in [0.2, 0.25) is 5.95 Å². The molecule has 1 heterocycles. The molecule has 0 aliphatic heterocycles. The number of halogens is 2. The zero-order valence-corrected chi connectivity index (χ0v) is 15.6. The minimum absolute atomic E-state index is 0.351. The standard InChI is InChI=1S/C18H17Cl2N5O/c1-26-14-5-2-12(3-6-14)8-9-21-17-11-22-25-18(24-17)23-16-7-4-13(19)10-15(16)20/h2-7,10-11H,8-9H2,1H3,(H2,21,23,24,25). The molecule has 3 rings (SSSR count). The predicted molar refractivity (Wildman–Crippen MR) is 105 cm³/mol. The van der Waals surface area contributed by atoms with E-state index in [9.17, 15) is 0 Å². The van der Waals surface area contributed by atoms with E-state index in [4.69, 9.17) is 27.9 Å². The van der Waals surface area contributed by atoms with Crippen LogP contribution in [-0.2, 0) is 6.42 Å². The zero-order chi connectivity index (χ0) is 18.4. The molecule has 1 aromatic heterocycles. The smallest absolute Gasteiger partial charge is 0.249 e. The number of nitrogens with one attached hydrogen (secondary N) is 2. The van der Waals surface area contributed by atoms with Crippen molar-refractivity contribution < 1.29 is 4.74 Å². The van der Waals surface area contributed by atoms with Crippen LogP contribution in [0.25, 0.3) is 0 Å². The fourth-order valence-corrected chi connectivity index (χ4v) is 2.74. The summed E-state index contributed by atoms with van der Waals surface area (Å²) in [4.78, 5) is 4.38. The molecule has 2 aromatic carbocycles. The summed E-state index contributed by atoms with van der Waals surface area (Å²) in [6.07, 6.45) is 2.42. The van der Waals surface area contributed by atoms with Crippen LogP contribution in [0.4, 0.5) is 17.5 Å². The fraction of sp³-hybridized carbons (Fsp3) is 0.167. The average molecular weight is 390 g/mol. The molecule has 8 heteroatoms. The molecule has 0 saturated carbocycles. The number of benzene rings is 2. The highest BCUT2D eigenvalue weighted by molar-refractivity contribution is 6.36. The van der Waals surface area contributed by atoms with Gasteiger partial charge in [-0.25, -0.2) is 0 Å². The van der Waals surface area contributed by atoms with Gasteiger partial charge in [-0.05, 0) is 42.3 Å². The zero-order valence-electron chi connectivity index (χ0n) is 14.0. The molecule has 134 valence electrons. The first-order chi connectivity index (χ1) is 12.6. The van der Waals surface area contributed by atoms with Crippen molar-refractivity contribution in [3.05, 3.63) is 64.3 Å². The minimum Gasteiger partial charge on any atom is -0.497 e. The van der Waals surface area contributed by atoms with E-state index in [1.807, 2.05) is 24.3 Å². The lowest BCUT2D eigenvalue weighted by Gasteiger charge is -2.09. The third-order valence-electron chi connectivity index (χ3n) is 3.62. The summed E-state index contributed by atoms with van der Waals surface area (Å²) >= 11 is 12.0. The van der Waals surface area contributed by atoms with E-state index < -0.39 is 0 Å². The van der Waals surface area contributed by atoms with Gasteiger partial charge in [-0.3, -0.25) is 0 Å². The first kappa shape index (κ1) is 18.2. The molecule has 0 amide bonds. The molecule has 0 bridgehead atoms. The Hall–Kier alpha value is -2.57. The van der Waals surface area contributed by atoms with Crippen molar-refractivity contribution in [2.45, 2.75) is 6.42 Å². The number of ether oxygens (including phenoxy) is 1. The van der Waals surface area contributed by atoms with Gasteiger partial charge >= 0.3 is 0 Å². The number of nitrogens with zero attached hydrogens (tertiary/aromatic N) is 3. The maximum absolute atomic E-state index is 6.14. The number of hydrogen-bond donors (Lipinski definition) is 2. The van der Waals surface area contributed by atoms with E-state index in [1.165, 1.54) is 5.56 Å². The van der Waals surface area contributed by atoms with E-state index in [2.05, 4.69) is 25.8 Å². The predicted octanol–water partition coefficient (Wildman–Crippen LogP) is 4.59. The summed E-state index contributed by atoms with van der Waals surface area (Å²) in [5.41, 5.74) is 1.86. The Morgan fingerprint density at radius 2 is 1.88 bits per heavy atom. The van der Waals surface area contributed by atoms with Crippen molar-refractivity contribution in [3.63, 3.8) is 0 Å². The van der Waals surface area contributed by atoms with Gasteiger partial charge < -0.3 is 15.4 Å². The molecule has 6 nitrogen and oxygen atoms in total. The fourth-order valence-electron chi connectivity index (χ4n) is 2.28. The SMILES string of the molecule is COc1ccc(CCNc2cnnc(Nc3ccc(Cl)cc3Cl)n2)cc1. The number of rotatable bonds is 7. The molecule has 0 fully saturated rings. The maximum atomic E-state index is 6.14. The Morgan fingerprint density at radius 1 is 1.08 bits per heavy atom.